The molecule has 0 saturated heterocycles. The van der Waals surface area contributed by atoms with Crippen molar-refractivity contribution in [3.05, 3.63) is 149 Å². The molecule has 0 atom stereocenters. The van der Waals surface area contributed by atoms with Crippen LogP contribution in [0.1, 0.15) is 70.1 Å². The molecule has 0 bridgehead atoms. The summed E-state index contributed by atoms with van der Waals surface area (Å²) in [6.07, 6.45) is 4.85. The number of anilines is 2. The van der Waals surface area contributed by atoms with E-state index in [1.807, 2.05) is 11.8 Å². The molecule has 52 heavy (non-hydrogen) atoms. The molecule has 4 aliphatic rings. The van der Waals surface area contributed by atoms with Crippen LogP contribution in [0.3, 0.4) is 0 Å². The van der Waals surface area contributed by atoms with E-state index in [2.05, 4.69) is 154 Å². The number of nitrogens with zero attached hydrogens (tertiary/aromatic N) is 1. The Bertz CT molecular complexity index is 2700. The van der Waals surface area contributed by atoms with E-state index in [1.54, 1.807) is 5.57 Å². The lowest BCUT2D eigenvalue weighted by Gasteiger charge is -2.46. The highest BCUT2D eigenvalue weighted by molar-refractivity contribution is 8.00. The molecule has 11 rings (SSSR count). The Morgan fingerprint density at radius 3 is 2.35 bits per heavy atom. The molecule has 252 valence electrons. The SMILES string of the molecule is CC1(C)C2=C(CCCC2)N(c2ccc3c(c2)Sc2cccc4c2B3c2cc(-c3cccc5c3oc3ccccc35)ccc2C4(C)C)c2ccccc21. The number of allylic oxidation sites excluding steroid dienone is 2. The minimum absolute atomic E-state index is 0.0458. The molecule has 0 fully saturated rings. The average Bonchev–Trinajstić information content (AvgIpc) is 3.55. The van der Waals surface area contributed by atoms with E-state index in [-0.39, 0.29) is 17.5 Å². The Hall–Kier alpha value is -4.93. The van der Waals surface area contributed by atoms with E-state index in [4.69, 9.17) is 4.42 Å². The third kappa shape index (κ3) is 4.10. The predicted molar refractivity (Wildman–Crippen MR) is 220 cm³/mol. The Labute approximate surface area is 310 Å². The molecule has 0 radical (unpaired) electrons. The number of benzene rings is 6. The van der Waals surface area contributed by atoms with Gasteiger partial charge in [-0.3, -0.25) is 0 Å². The second-order valence-electron chi connectivity index (χ2n) is 16.3. The zero-order valence-electron chi connectivity index (χ0n) is 30.2. The van der Waals surface area contributed by atoms with Crippen molar-refractivity contribution < 1.29 is 4.42 Å². The van der Waals surface area contributed by atoms with E-state index in [9.17, 15) is 0 Å². The lowest BCUT2D eigenvalue weighted by molar-refractivity contribution is 0.517. The molecule has 1 aromatic heterocycles. The van der Waals surface area contributed by atoms with Crippen LogP contribution in [-0.2, 0) is 10.8 Å². The van der Waals surface area contributed by atoms with Crippen LogP contribution in [0.15, 0.2) is 147 Å². The van der Waals surface area contributed by atoms with E-state index < -0.39 is 0 Å². The molecule has 0 saturated carbocycles. The Morgan fingerprint density at radius 1 is 0.635 bits per heavy atom. The van der Waals surface area contributed by atoms with Crippen molar-refractivity contribution in [2.45, 2.75) is 74.0 Å². The number of rotatable bonds is 2. The summed E-state index contributed by atoms with van der Waals surface area (Å²) in [6, 6.07) is 45.7. The van der Waals surface area contributed by atoms with Gasteiger partial charge in [0.1, 0.15) is 11.2 Å². The van der Waals surface area contributed by atoms with Gasteiger partial charge in [-0.15, -0.1) is 0 Å². The third-order valence-corrected chi connectivity index (χ3v) is 14.0. The van der Waals surface area contributed by atoms with Gasteiger partial charge in [-0.1, -0.05) is 147 Å². The van der Waals surface area contributed by atoms with Gasteiger partial charge < -0.3 is 9.32 Å². The van der Waals surface area contributed by atoms with E-state index >= 15 is 0 Å². The van der Waals surface area contributed by atoms with Gasteiger partial charge in [-0.05, 0) is 83.8 Å². The Kier molecular flexibility index (Phi) is 6.38. The molecule has 0 amide bonds. The van der Waals surface area contributed by atoms with E-state index in [1.165, 1.54) is 95.5 Å². The maximum atomic E-state index is 6.55. The van der Waals surface area contributed by atoms with Gasteiger partial charge in [0.2, 0.25) is 6.71 Å². The minimum atomic E-state index is -0.118. The fourth-order valence-corrected chi connectivity index (χ4v) is 11.5. The largest absolute Gasteiger partial charge is 0.455 e. The summed E-state index contributed by atoms with van der Waals surface area (Å²) in [7, 11) is 0. The third-order valence-electron chi connectivity index (χ3n) is 12.8. The summed E-state index contributed by atoms with van der Waals surface area (Å²) >= 11 is 1.96. The summed E-state index contributed by atoms with van der Waals surface area (Å²) in [5.41, 5.74) is 18.5. The summed E-state index contributed by atoms with van der Waals surface area (Å²) in [4.78, 5) is 5.36. The summed E-state index contributed by atoms with van der Waals surface area (Å²) in [5, 5.41) is 2.34. The van der Waals surface area contributed by atoms with Crippen LogP contribution in [0.5, 0.6) is 0 Å². The van der Waals surface area contributed by atoms with Gasteiger partial charge in [-0.2, -0.15) is 0 Å². The maximum absolute atomic E-state index is 6.55. The van der Waals surface area contributed by atoms with Crippen molar-refractivity contribution in [2.75, 3.05) is 4.90 Å². The van der Waals surface area contributed by atoms with E-state index in [0.29, 0.717) is 0 Å². The second kappa shape index (κ2) is 10.8. The lowest BCUT2D eigenvalue weighted by Crippen LogP contribution is -2.62. The van der Waals surface area contributed by atoms with Gasteiger partial charge in [-0.25, -0.2) is 0 Å². The Morgan fingerprint density at radius 2 is 1.42 bits per heavy atom. The standard InChI is InChI=1S/C48H40BNOS/c1-47(2)34-25-23-29(31-14-11-15-33-32-13-5-10-21-42(32)51-46(31)33)27-39(34)49-38-26-24-30(28-44(38)52-43-22-12-18-37(47)45(43)49)50-40-19-8-6-16-35(40)48(3,4)36-17-7-9-20-41(36)50/h5-6,8,10-16,18-19,21-28H,7,9,17,20H2,1-4H3. The lowest BCUT2D eigenvalue weighted by atomic mass is 9.31. The molecule has 3 aliphatic heterocycles. The molecule has 0 unspecified atom stereocenters. The quantitative estimate of drug-likeness (QED) is 0.168. The molecule has 0 spiro atoms. The van der Waals surface area contributed by atoms with Gasteiger partial charge in [0, 0.05) is 54.0 Å². The van der Waals surface area contributed by atoms with Crippen LogP contribution in [0.2, 0.25) is 0 Å². The first-order valence-corrected chi connectivity index (χ1v) is 19.7. The normalized spacial score (nSPS) is 17.8. The smallest absolute Gasteiger partial charge is 0.244 e. The summed E-state index contributed by atoms with van der Waals surface area (Å²) < 4.78 is 6.55. The van der Waals surface area contributed by atoms with Crippen molar-refractivity contribution in [1.29, 1.82) is 0 Å². The average molecular weight is 690 g/mol. The van der Waals surface area contributed by atoms with Crippen LogP contribution in [0.25, 0.3) is 33.1 Å². The monoisotopic (exact) mass is 689 g/mol. The van der Waals surface area contributed by atoms with Crippen molar-refractivity contribution >= 4 is 68.2 Å². The predicted octanol–water partition coefficient (Wildman–Crippen LogP) is 11.1. The Balaban J connectivity index is 1.10. The number of fused-ring (bicyclic) bond motifs is 8. The molecular formula is C48H40BNOS. The van der Waals surface area contributed by atoms with Crippen LogP contribution < -0.4 is 21.3 Å². The van der Waals surface area contributed by atoms with Crippen LogP contribution in [0.4, 0.5) is 11.4 Å². The first kappa shape index (κ1) is 30.7. The molecular weight excluding hydrogens is 649 g/mol. The molecule has 1 aliphatic carbocycles. The topological polar surface area (TPSA) is 16.4 Å². The first-order valence-electron chi connectivity index (χ1n) is 18.9. The number of para-hydroxylation sites is 3. The minimum Gasteiger partial charge on any atom is -0.455 e. The zero-order chi connectivity index (χ0) is 34.9. The summed E-state index contributed by atoms with van der Waals surface area (Å²) in [6.45, 7) is 9.85. The van der Waals surface area contributed by atoms with Crippen molar-refractivity contribution in [3.8, 4) is 11.1 Å². The van der Waals surface area contributed by atoms with Crippen molar-refractivity contribution in [2.24, 2.45) is 0 Å². The first-order chi connectivity index (χ1) is 25.3. The van der Waals surface area contributed by atoms with Gasteiger partial charge in [0.05, 0.1) is 0 Å². The van der Waals surface area contributed by atoms with Crippen molar-refractivity contribution in [1.82, 2.24) is 0 Å². The molecule has 4 heteroatoms. The zero-order valence-corrected chi connectivity index (χ0v) is 31.0. The molecule has 4 heterocycles. The summed E-state index contributed by atoms with van der Waals surface area (Å²) in [5.74, 6) is 0. The number of furan rings is 1. The molecule has 6 aromatic carbocycles. The fraction of sp³-hybridized carbons (Fsp3) is 0.208. The molecule has 2 nitrogen and oxygen atoms in total. The fourth-order valence-electron chi connectivity index (χ4n) is 10.3. The maximum Gasteiger partial charge on any atom is 0.244 e. The van der Waals surface area contributed by atoms with Gasteiger partial charge >= 0.3 is 0 Å². The highest BCUT2D eigenvalue weighted by atomic mass is 32.2. The van der Waals surface area contributed by atoms with Crippen molar-refractivity contribution in [3.63, 3.8) is 0 Å². The number of hydrogen-bond acceptors (Lipinski definition) is 3. The molecule has 7 aromatic rings. The second-order valence-corrected chi connectivity index (χ2v) is 17.4. The van der Waals surface area contributed by atoms with Gasteiger partial charge in [0.15, 0.2) is 0 Å². The van der Waals surface area contributed by atoms with Gasteiger partial charge in [0.25, 0.3) is 0 Å². The highest BCUT2D eigenvalue weighted by Crippen LogP contribution is 2.53. The van der Waals surface area contributed by atoms with Crippen LogP contribution in [0, 0.1) is 0 Å². The van der Waals surface area contributed by atoms with Crippen LogP contribution in [-0.4, -0.2) is 6.71 Å². The number of hydrogen-bond donors (Lipinski definition) is 0. The van der Waals surface area contributed by atoms with Crippen LogP contribution >= 0.6 is 11.8 Å². The van der Waals surface area contributed by atoms with E-state index in [0.717, 1.165) is 23.2 Å². The highest BCUT2D eigenvalue weighted by Gasteiger charge is 2.45. The molecule has 0 N–H and O–H groups in total.